The van der Waals surface area contributed by atoms with E-state index in [4.69, 9.17) is 4.74 Å². The third kappa shape index (κ3) is 5.50. The summed E-state index contributed by atoms with van der Waals surface area (Å²) in [6.45, 7) is 0.373. The van der Waals surface area contributed by atoms with Gasteiger partial charge in [-0.2, -0.15) is 0 Å². The van der Waals surface area contributed by atoms with Gasteiger partial charge in [-0.05, 0) is 35.8 Å². The molecule has 0 spiro atoms. The van der Waals surface area contributed by atoms with Crippen molar-refractivity contribution >= 4 is 28.3 Å². The summed E-state index contributed by atoms with van der Waals surface area (Å²) in [7, 11) is 1.55. The molecule has 0 bridgehead atoms. The molecule has 1 fully saturated rings. The van der Waals surface area contributed by atoms with Crippen LogP contribution in [0.3, 0.4) is 0 Å². The zero-order valence-electron chi connectivity index (χ0n) is 23.7. The Balaban J connectivity index is 1.38. The highest BCUT2D eigenvalue weighted by atomic mass is 19.1. The summed E-state index contributed by atoms with van der Waals surface area (Å²) in [5.41, 5.74) is 0.712. The minimum atomic E-state index is -1.85. The molecule has 2 aromatic heterocycles. The van der Waals surface area contributed by atoms with E-state index in [1.165, 1.54) is 4.90 Å². The second-order valence-corrected chi connectivity index (χ2v) is 11.0. The molecule has 2 aromatic carbocycles. The van der Waals surface area contributed by atoms with Crippen LogP contribution in [-0.2, 0) is 11.3 Å². The highest BCUT2D eigenvalue weighted by molar-refractivity contribution is 6.05. The Kier molecular flexibility index (Phi) is 7.70. The fraction of sp³-hybridized carbons (Fsp3) is 0.355. The number of aryl methyl sites for hydroxylation is 1. The molecule has 0 radical (unpaired) electrons. The fourth-order valence-corrected chi connectivity index (χ4v) is 5.88. The van der Waals surface area contributed by atoms with E-state index in [2.05, 4.69) is 15.3 Å². The predicted molar refractivity (Wildman–Crippen MR) is 156 cm³/mol. The SMILES string of the molecule is COc1ccccc1-c1cc(C2=CCCN(C(=O)CCn3ccnn3)C2)c(F)c2[nH]c(C(=O)N3CCC(F)(CO)C3)cc12. The first-order valence-electron chi connectivity index (χ1n) is 14.2. The van der Waals surface area contributed by atoms with E-state index < -0.39 is 24.0 Å². The van der Waals surface area contributed by atoms with Gasteiger partial charge in [0.15, 0.2) is 11.5 Å². The molecule has 0 aliphatic carbocycles. The third-order valence-corrected chi connectivity index (χ3v) is 8.23. The zero-order valence-corrected chi connectivity index (χ0v) is 23.7. The predicted octanol–water partition coefficient (Wildman–Crippen LogP) is 3.83. The van der Waals surface area contributed by atoms with Gasteiger partial charge in [-0.15, -0.1) is 5.10 Å². The molecule has 4 heterocycles. The molecule has 4 aromatic rings. The average molecular weight is 591 g/mol. The molecule has 1 saturated heterocycles. The van der Waals surface area contributed by atoms with Crippen LogP contribution in [0.4, 0.5) is 8.78 Å². The van der Waals surface area contributed by atoms with Gasteiger partial charge in [0.25, 0.3) is 5.91 Å². The lowest BCUT2D eigenvalue weighted by molar-refractivity contribution is -0.131. The largest absolute Gasteiger partial charge is 0.496 e. The first-order chi connectivity index (χ1) is 20.8. The van der Waals surface area contributed by atoms with Gasteiger partial charge in [0.1, 0.15) is 11.4 Å². The molecule has 2 amide bonds. The number of aromatic nitrogens is 4. The van der Waals surface area contributed by atoms with Crippen molar-refractivity contribution in [1.29, 1.82) is 0 Å². The standard InChI is InChI=1S/C31H32F2N6O4/c1-43-26-7-3-2-6-21(26)23-15-22(20-5-4-11-37(17-20)27(41)8-12-39-14-10-34-36-39)28(32)29-24(23)16-25(35-29)30(42)38-13-9-31(33,18-38)19-40/h2-3,5-7,10,14-16,35,40H,4,8-9,11-13,17-19H2,1H3. The first-order valence-corrected chi connectivity index (χ1v) is 14.2. The maximum absolute atomic E-state index is 16.4. The van der Waals surface area contributed by atoms with Crippen molar-refractivity contribution in [3.8, 4) is 16.9 Å². The number of halogens is 2. The average Bonchev–Trinajstić information content (AvgIpc) is 3.81. The number of carbonyl (C=O) groups is 2. The summed E-state index contributed by atoms with van der Waals surface area (Å²) in [4.78, 5) is 32.4. The summed E-state index contributed by atoms with van der Waals surface area (Å²) < 4.78 is 38.3. The lowest BCUT2D eigenvalue weighted by atomic mass is 9.93. The number of nitrogens with zero attached hydrogens (tertiary/aromatic N) is 5. The lowest BCUT2D eigenvalue weighted by Gasteiger charge is -2.28. The van der Waals surface area contributed by atoms with Gasteiger partial charge in [-0.3, -0.25) is 14.3 Å². The highest BCUT2D eigenvalue weighted by Gasteiger charge is 2.40. The minimum absolute atomic E-state index is 0.0304. The van der Waals surface area contributed by atoms with Gasteiger partial charge < -0.3 is 24.6 Å². The number of benzene rings is 2. The number of alkyl halides is 1. The molecule has 1 unspecified atom stereocenters. The van der Waals surface area contributed by atoms with Gasteiger partial charge in [-0.1, -0.05) is 29.5 Å². The molecule has 0 saturated carbocycles. The van der Waals surface area contributed by atoms with E-state index in [9.17, 15) is 19.1 Å². The van der Waals surface area contributed by atoms with Crippen LogP contribution in [0.25, 0.3) is 27.6 Å². The molecule has 43 heavy (non-hydrogen) atoms. The lowest BCUT2D eigenvalue weighted by Crippen LogP contribution is -2.36. The normalized spacial score (nSPS) is 18.7. The van der Waals surface area contributed by atoms with Crippen molar-refractivity contribution in [2.75, 3.05) is 39.9 Å². The quantitative estimate of drug-likeness (QED) is 0.322. The van der Waals surface area contributed by atoms with Crippen LogP contribution in [0.1, 0.15) is 35.3 Å². The second-order valence-electron chi connectivity index (χ2n) is 11.0. The molecule has 2 N–H and O–H groups in total. The number of hydrogen-bond donors (Lipinski definition) is 2. The van der Waals surface area contributed by atoms with Crippen molar-refractivity contribution in [1.82, 2.24) is 29.8 Å². The van der Waals surface area contributed by atoms with E-state index in [0.29, 0.717) is 52.9 Å². The van der Waals surface area contributed by atoms with Crippen LogP contribution >= 0.6 is 0 Å². The van der Waals surface area contributed by atoms with Gasteiger partial charge in [0.05, 0.1) is 38.5 Å². The van der Waals surface area contributed by atoms with Crippen molar-refractivity contribution in [3.05, 3.63) is 71.9 Å². The van der Waals surface area contributed by atoms with Gasteiger partial charge in [0.2, 0.25) is 5.91 Å². The summed E-state index contributed by atoms with van der Waals surface area (Å²) in [5, 5.41) is 17.6. The Morgan fingerprint density at radius 2 is 1.98 bits per heavy atom. The Bertz CT molecular complexity index is 1700. The number of fused-ring (bicyclic) bond motifs is 1. The zero-order chi connectivity index (χ0) is 30.1. The van der Waals surface area contributed by atoms with Crippen molar-refractivity contribution in [2.45, 2.75) is 31.5 Å². The Morgan fingerprint density at radius 3 is 2.72 bits per heavy atom. The first kappa shape index (κ1) is 28.5. The third-order valence-electron chi connectivity index (χ3n) is 8.23. The van der Waals surface area contributed by atoms with E-state index in [0.717, 1.165) is 0 Å². The number of carbonyl (C=O) groups excluding carboxylic acids is 2. The van der Waals surface area contributed by atoms with Crippen LogP contribution in [-0.4, -0.2) is 92.3 Å². The highest BCUT2D eigenvalue weighted by Crippen LogP contribution is 2.40. The molecule has 224 valence electrons. The molecule has 12 heteroatoms. The van der Waals surface area contributed by atoms with E-state index in [1.807, 2.05) is 24.3 Å². The number of aliphatic hydroxyl groups is 1. The van der Waals surface area contributed by atoms with Gasteiger partial charge in [-0.25, -0.2) is 8.78 Å². The van der Waals surface area contributed by atoms with Crippen LogP contribution in [0.2, 0.25) is 0 Å². The number of likely N-dealkylation sites (tertiary alicyclic amines) is 1. The number of ether oxygens (including phenoxy) is 1. The summed E-state index contributed by atoms with van der Waals surface area (Å²) in [5.74, 6) is -0.523. The summed E-state index contributed by atoms with van der Waals surface area (Å²) in [6, 6.07) is 10.7. The van der Waals surface area contributed by atoms with Crippen LogP contribution in [0, 0.1) is 5.82 Å². The molecule has 6 rings (SSSR count). The molecule has 2 aliphatic rings. The number of H-pyrrole nitrogens is 1. The maximum atomic E-state index is 16.4. The Morgan fingerprint density at radius 1 is 1.14 bits per heavy atom. The second kappa shape index (κ2) is 11.6. The molecule has 10 nitrogen and oxygen atoms in total. The molecule has 1 atom stereocenters. The molecular formula is C31H32F2N6O4. The number of hydrogen-bond acceptors (Lipinski definition) is 6. The fourth-order valence-electron chi connectivity index (χ4n) is 5.88. The van der Waals surface area contributed by atoms with Crippen molar-refractivity contribution in [3.63, 3.8) is 0 Å². The molecule has 2 aliphatic heterocycles. The number of methoxy groups -OCH3 is 1. The van der Waals surface area contributed by atoms with Crippen LogP contribution in [0.15, 0.2) is 54.9 Å². The van der Waals surface area contributed by atoms with Gasteiger partial charge in [0, 0.05) is 55.2 Å². The van der Waals surface area contributed by atoms with E-state index in [1.54, 1.807) is 47.3 Å². The number of amides is 2. The maximum Gasteiger partial charge on any atom is 0.270 e. The van der Waals surface area contributed by atoms with Gasteiger partial charge >= 0.3 is 0 Å². The summed E-state index contributed by atoms with van der Waals surface area (Å²) in [6.07, 6.45) is 6.01. The number of aliphatic hydroxyl groups excluding tert-OH is 1. The minimum Gasteiger partial charge on any atom is -0.496 e. The molecular weight excluding hydrogens is 558 g/mol. The monoisotopic (exact) mass is 590 g/mol. The van der Waals surface area contributed by atoms with E-state index >= 15 is 4.39 Å². The smallest absolute Gasteiger partial charge is 0.270 e. The number of aromatic amines is 1. The Hall–Kier alpha value is -4.58. The number of para-hydroxylation sites is 1. The van der Waals surface area contributed by atoms with Crippen LogP contribution in [0.5, 0.6) is 5.75 Å². The summed E-state index contributed by atoms with van der Waals surface area (Å²) >= 11 is 0. The topological polar surface area (TPSA) is 117 Å². The van der Waals surface area contributed by atoms with Crippen LogP contribution < -0.4 is 4.74 Å². The number of rotatable bonds is 8. The Labute approximate surface area is 246 Å². The van der Waals surface area contributed by atoms with Crippen molar-refractivity contribution in [2.24, 2.45) is 0 Å². The van der Waals surface area contributed by atoms with E-state index in [-0.39, 0.29) is 49.6 Å². The van der Waals surface area contributed by atoms with Crippen molar-refractivity contribution < 1.29 is 28.2 Å². The number of nitrogens with one attached hydrogen (secondary N) is 1.